The summed E-state index contributed by atoms with van der Waals surface area (Å²) in [6.07, 6.45) is 1.59. The van der Waals surface area contributed by atoms with Crippen molar-refractivity contribution in [3.63, 3.8) is 0 Å². The van der Waals surface area contributed by atoms with Gasteiger partial charge in [-0.05, 0) is 42.0 Å². The number of rotatable bonds is 6. The Hall–Kier alpha value is -2.20. The molecule has 0 unspecified atom stereocenters. The van der Waals surface area contributed by atoms with Crippen molar-refractivity contribution < 1.29 is 22.0 Å². The molecule has 152 valence electrons. The largest absolute Gasteiger partial charge is 0.431 e. The highest BCUT2D eigenvalue weighted by molar-refractivity contribution is 7.98. The molecule has 1 fully saturated rings. The van der Waals surface area contributed by atoms with Crippen molar-refractivity contribution in [2.75, 3.05) is 26.3 Å². The third-order valence-electron chi connectivity index (χ3n) is 4.48. The number of aromatic nitrogens is 1. The third kappa shape index (κ3) is 4.69. The SMILES string of the molecule is O=S(=O)(c1cccc(CSc2ncc(-c3ccc(F)cc3)o2)c1)N1CCOCC1. The second kappa shape index (κ2) is 8.66. The molecule has 2 aromatic carbocycles. The standard InChI is InChI=1S/C20H19FN2O4S2/c21-17-6-4-16(5-7-17)19-13-22-20(27-19)28-14-15-2-1-3-18(12-15)29(24,25)23-8-10-26-11-9-23/h1-7,12-13H,8-11,14H2. The third-order valence-corrected chi connectivity index (χ3v) is 7.29. The lowest BCUT2D eigenvalue weighted by Gasteiger charge is -2.26. The maximum absolute atomic E-state index is 13.0. The number of ether oxygens (including phenoxy) is 1. The maximum Gasteiger partial charge on any atom is 0.256 e. The fourth-order valence-electron chi connectivity index (χ4n) is 2.95. The van der Waals surface area contributed by atoms with Gasteiger partial charge in [0.1, 0.15) is 5.82 Å². The van der Waals surface area contributed by atoms with Crippen molar-refractivity contribution in [3.8, 4) is 11.3 Å². The van der Waals surface area contributed by atoms with Crippen LogP contribution < -0.4 is 0 Å². The highest BCUT2D eigenvalue weighted by atomic mass is 32.2. The van der Waals surface area contributed by atoms with E-state index in [2.05, 4.69) is 4.98 Å². The van der Waals surface area contributed by atoms with Gasteiger partial charge in [-0.2, -0.15) is 4.31 Å². The number of thioether (sulfide) groups is 1. The molecule has 6 nitrogen and oxygen atoms in total. The van der Waals surface area contributed by atoms with E-state index in [-0.39, 0.29) is 10.7 Å². The predicted molar refractivity (Wildman–Crippen MR) is 107 cm³/mol. The highest BCUT2D eigenvalue weighted by Gasteiger charge is 2.26. The van der Waals surface area contributed by atoms with Gasteiger partial charge in [-0.25, -0.2) is 17.8 Å². The molecule has 1 aliphatic rings. The summed E-state index contributed by atoms with van der Waals surface area (Å²) >= 11 is 1.37. The van der Waals surface area contributed by atoms with Gasteiger partial charge in [0.2, 0.25) is 10.0 Å². The second-order valence-corrected chi connectivity index (χ2v) is 9.31. The van der Waals surface area contributed by atoms with Crippen LogP contribution >= 0.6 is 11.8 Å². The zero-order valence-electron chi connectivity index (χ0n) is 15.5. The molecule has 0 radical (unpaired) electrons. The first-order chi connectivity index (χ1) is 14.0. The first-order valence-corrected chi connectivity index (χ1v) is 11.5. The predicted octanol–water partition coefficient (Wildman–Crippen LogP) is 3.79. The van der Waals surface area contributed by atoms with Crippen LogP contribution in [0.15, 0.2) is 69.3 Å². The molecule has 0 saturated carbocycles. The lowest BCUT2D eigenvalue weighted by molar-refractivity contribution is 0.0730. The van der Waals surface area contributed by atoms with E-state index in [1.165, 1.54) is 28.2 Å². The van der Waals surface area contributed by atoms with Gasteiger partial charge in [0.25, 0.3) is 5.22 Å². The maximum atomic E-state index is 13.0. The Morgan fingerprint density at radius 2 is 1.86 bits per heavy atom. The van der Waals surface area contributed by atoms with Gasteiger partial charge in [-0.3, -0.25) is 0 Å². The highest BCUT2D eigenvalue weighted by Crippen LogP contribution is 2.28. The number of hydrogen-bond donors (Lipinski definition) is 0. The van der Waals surface area contributed by atoms with E-state index in [4.69, 9.17) is 9.15 Å². The van der Waals surface area contributed by atoms with Crippen molar-refractivity contribution in [3.05, 3.63) is 66.1 Å². The van der Waals surface area contributed by atoms with Gasteiger partial charge in [-0.1, -0.05) is 23.9 Å². The number of halogens is 1. The Morgan fingerprint density at radius 1 is 1.10 bits per heavy atom. The van der Waals surface area contributed by atoms with Crippen molar-refractivity contribution in [2.45, 2.75) is 15.9 Å². The number of nitrogens with zero attached hydrogens (tertiary/aromatic N) is 2. The minimum absolute atomic E-state index is 0.275. The number of sulfonamides is 1. The van der Waals surface area contributed by atoms with Gasteiger partial charge in [-0.15, -0.1) is 0 Å². The molecule has 0 aliphatic carbocycles. The minimum atomic E-state index is -3.53. The van der Waals surface area contributed by atoms with Gasteiger partial charge >= 0.3 is 0 Å². The van der Waals surface area contributed by atoms with Crippen LogP contribution in [0.1, 0.15) is 5.56 Å². The monoisotopic (exact) mass is 434 g/mol. The van der Waals surface area contributed by atoms with Crippen LogP contribution in [-0.4, -0.2) is 44.0 Å². The molecular weight excluding hydrogens is 415 g/mol. The second-order valence-electron chi connectivity index (χ2n) is 6.45. The van der Waals surface area contributed by atoms with Crippen LogP contribution in [0.4, 0.5) is 4.39 Å². The molecule has 3 aromatic rings. The van der Waals surface area contributed by atoms with Crippen molar-refractivity contribution in [1.29, 1.82) is 0 Å². The lowest BCUT2D eigenvalue weighted by atomic mass is 10.2. The van der Waals surface area contributed by atoms with Crippen LogP contribution in [0.25, 0.3) is 11.3 Å². The van der Waals surface area contributed by atoms with Crippen LogP contribution in [0, 0.1) is 5.82 Å². The van der Waals surface area contributed by atoms with Crippen molar-refractivity contribution >= 4 is 21.8 Å². The average molecular weight is 435 g/mol. The van der Waals surface area contributed by atoms with E-state index in [0.717, 1.165) is 11.1 Å². The van der Waals surface area contributed by atoms with Crippen LogP contribution in [0.2, 0.25) is 0 Å². The van der Waals surface area contributed by atoms with E-state index in [0.29, 0.717) is 43.0 Å². The van der Waals surface area contributed by atoms with Crippen LogP contribution in [-0.2, 0) is 20.5 Å². The Bertz CT molecular complexity index is 1080. The van der Waals surface area contributed by atoms with Crippen LogP contribution in [0.5, 0.6) is 0 Å². The summed E-state index contributed by atoms with van der Waals surface area (Å²) in [5, 5.41) is 0.464. The molecule has 0 bridgehead atoms. The first-order valence-electron chi connectivity index (χ1n) is 9.04. The molecule has 1 aromatic heterocycles. The van der Waals surface area contributed by atoms with Crippen molar-refractivity contribution in [2.24, 2.45) is 0 Å². The topological polar surface area (TPSA) is 72.6 Å². The summed E-state index contributed by atoms with van der Waals surface area (Å²) in [7, 11) is -3.53. The Kier molecular flexibility index (Phi) is 6.00. The van der Waals surface area contributed by atoms with E-state index < -0.39 is 10.0 Å². The first kappa shape index (κ1) is 20.1. The Balaban J connectivity index is 1.44. The molecule has 29 heavy (non-hydrogen) atoms. The summed E-state index contributed by atoms with van der Waals surface area (Å²) in [6, 6.07) is 12.9. The fourth-order valence-corrected chi connectivity index (χ4v) is 5.17. The molecule has 1 saturated heterocycles. The average Bonchev–Trinajstić information content (AvgIpc) is 3.23. The summed E-state index contributed by atoms with van der Waals surface area (Å²) in [5.41, 5.74) is 1.59. The molecule has 0 atom stereocenters. The van der Waals surface area contributed by atoms with Gasteiger partial charge in [0, 0.05) is 24.4 Å². The van der Waals surface area contributed by atoms with Gasteiger partial charge in [0.05, 0.1) is 24.3 Å². The number of morpholine rings is 1. The summed E-state index contributed by atoms with van der Waals surface area (Å²) in [5.74, 6) is 0.751. The van der Waals surface area contributed by atoms with E-state index in [1.54, 1.807) is 36.5 Å². The molecule has 9 heteroatoms. The van der Waals surface area contributed by atoms with E-state index in [9.17, 15) is 12.8 Å². The number of oxazole rings is 1. The zero-order chi connectivity index (χ0) is 20.3. The van der Waals surface area contributed by atoms with E-state index in [1.807, 2.05) is 6.07 Å². The van der Waals surface area contributed by atoms with Crippen LogP contribution in [0.3, 0.4) is 0 Å². The normalized spacial score (nSPS) is 15.5. The zero-order valence-corrected chi connectivity index (χ0v) is 17.1. The Morgan fingerprint density at radius 3 is 2.62 bits per heavy atom. The summed E-state index contributed by atoms with van der Waals surface area (Å²) < 4.78 is 51.1. The smallest absolute Gasteiger partial charge is 0.256 e. The Labute approximate surface area is 172 Å². The summed E-state index contributed by atoms with van der Waals surface area (Å²) in [4.78, 5) is 4.51. The van der Waals surface area contributed by atoms with Gasteiger partial charge in [0.15, 0.2) is 5.76 Å². The molecule has 0 spiro atoms. The summed E-state index contributed by atoms with van der Waals surface area (Å²) in [6.45, 7) is 1.55. The lowest BCUT2D eigenvalue weighted by Crippen LogP contribution is -2.40. The molecule has 4 rings (SSSR count). The minimum Gasteiger partial charge on any atom is -0.431 e. The fraction of sp³-hybridized carbons (Fsp3) is 0.250. The van der Waals surface area contributed by atoms with Crippen molar-refractivity contribution in [1.82, 2.24) is 9.29 Å². The molecule has 0 amide bonds. The quantitative estimate of drug-likeness (QED) is 0.550. The number of benzene rings is 2. The number of hydrogen-bond acceptors (Lipinski definition) is 6. The van der Waals surface area contributed by atoms with Gasteiger partial charge < -0.3 is 9.15 Å². The molecule has 2 heterocycles. The molecule has 1 aliphatic heterocycles. The molecular formula is C20H19FN2O4S2. The van der Waals surface area contributed by atoms with E-state index >= 15 is 0 Å². The molecule has 0 N–H and O–H groups in total.